The predicted octanol–water partition coefficient (Wildman–Crippen LogP) is 2.97. The molecule has 0 spiro atoms. The molecule has 0 atom stereocenters. The lowest BCUT2D eigenvalue weighted by atomic mass is 10.0. The summed E-state index contributed by atoms with van der Waals surface area (Å²) in [6.45, 7) is 0.869. The molecule has 4 heterocycles. The van der Waals surface area contributed by atoms with Crippen molar-refractivity contribution in [2.24, 2.45) is 0 Å². The Morgan fingerprint density at radius 1 is 1.24 bits per heavy atom. The Hall–Kier alpha value is -3.75. The van der Waals surface area contributed by atoms with Crippen molar-refractivity contribution in [3.05, 3.63) is 66.1 Å². The normalized spacial score (nSPS) is 12.6. The van der Waals surface area contributed by atoms with E-state index in [4.69, 9.17) is 4.74 Å². The van der Waals surface area contributed by atoms with Gasteiger partial charge >= 0.3 is 0 Å². The molecule has 5 rings (SSSR count). The van der Waals surface area contributed by atoms with Gasteiger partial charge < -0.3 is 15.0 Å². The van der Waals surface area contributed by atoms with Gasteiger partial charge in [-0.15, -0.1) is 10.2 Å². The largest absolute Gasteiger partial charge is 0.493 e. The molecule has 0 aliphatic carbocycles. The summed E-state index contributed by atoms with van der Waals surface area (Å²) in [6.07, 6.45) is 7.47. The maximum absolute atomic E-state index is 14.4. The molecule has 1 aromatic carbocycles. The highest BCUT2D eigenvalue weighted by molar-refractivity contribution is 5.75. The molecule has 0 saturated carbocycles. The molecule has 0 fully saturated rings. The summed E-state index contributed by atoms with van der Waals surface area (Å²) in [7, 11) is 1.93. The molecule has 1 N–H and O–H groups in total. The van der Waals surface area contributed by atoms with Gasteiger partial charge in [0.05, 0.1) is 12.8 Å². The van der Waals surface area contributed by atoms with Crippen molar-refractivity contribution in [3.8, 4) is 5.75 Å². The molecule has 4 aromatic rings. The van der Waals surface area contributed by atoms with Crippen LogP contribution in [0.1, 0.15) is 11.1 Å². The highest BCUT2D eigenvalue weighted by Gasteiger charge is 2.20. The first-order valence-corrected chi connectivity index (χ1v) is 9.22. The molecule has 0 amide bonds. The molecular formula is C20H18FN7O. The van der Waals surface area contributed by atoms with E-state index in [1.165, 1.54) is 6.07 Å². The first-order chi connectivity index (χ1) is 14.2. The maximum Gasteiger partial charge on any atom is 0.210 e. The van der Waals surface area contributed by atoms with Crippen molar-refractivity contribution in [1.82, 2.24) is 24.6 Å². The summed E-state index contributed by atoms with van der Waals surface area (Å²) >= 11 is 0. The summed E-state index contributed by atoms with van der Waals surface area (Å²) in [4.78, 5) is 10.5. The third kappa shape index (κ3) is 3.00. The summed E-state index contributed by atoms with van der Waals surface area (Å²) in [5.41, 5.74) is 3.89. The highest BCUT2D eigenvalue weighted by Crippen LogP contribution is 2.31. The Morgan fingerprint density at radius 2 is 2.10 bits per heavy atom. The van der Waals surface area contributed by atoms with Gasteiger partial charge in [-0.1, -0.05) is 0 Å². The lowest BCUT2D eigenvalue weighted by molar-refractivity contribution is 0.356. The molecule has 0 radical (unpaired) electrons. The molecule has 146 valence electrons. The van der Waals surface area contributed by atoms with Crippen molar-refractivity contribution in [2.45, 2.75) is 13.0 Å². The Kier molecular flexibility index (Phi) is 4.19. The van der Waals surface area contributed by atoms with Crippen LogP contribution in [0.15, 0.2) is 49.2 Å². The van der Waals surface area contributed by atoms with Crippen LogP contribution in [-0.2, 0) is 13.0 Å². The molecule has 8 nitrogen and oxygen atoms in total. The topological polar surface area (TPSA) is 80.5 Å². The second-order valence-corrected chi connectivity index (χ2v) is 6.71. The van der Waals surface area contributed by atoms with Crippen molar-refractivity contribution < 1.29 is 9.13 Å². The van der Waals surface area contributed by atoms with Gasteiger partial charge in [0.2, 0.25) is 5.95 Å². The Labute approximate surface area is 166 Å². The fourth-order valence-electron chi connectivity index (χ4n) is 3.55. The lowest BCUT2D eigenvalue weighted by Crippen LogP contribution is -2.14. The molecule has 3 aromatic heterocycles. The van der Waals surface area contributed by atoms with Crippen molar-refractivity contribution >= 4 is 23.0 Å². The number of benzene rings is 1. The van der Waals surface area contributed by atoms with Gasteiger partial charge in [0, 0.05) is 49.2 Å². The monoisotopic (exact) mass is 391 g/mol. The van der Waals surface area contributed by atoms with E-state index in [0.717, 1.165) is 22.7 Å². The number of hydrogen-bond donors (Lipinski definition) is 1. The summed E-state index contributed by atoms with van der Waals surface area (Å²) in [5, 5.41) is 11.5. The van der Waals surface area contributed by atoms with Crippen LogP contribution in [0.4, 0.5) is 21.7 Å². The zero-order valence-corrected chi connectivity index (χ0v) is 15.7. The van der Waals surface area contributed by atoms with E-state index in [1.54, 1.807) is 35.4 Å². The van der Waals surface area contributed by atoms with E-state index < -0.39 is 0 Å². The number of hydrogen-bond acceptors (Lipinski definition) is 7. The zero-order valence-electron chi connectivity index (χ0n) is 15.7. The standard InChI is InChI=1S/C20H18FN7O/c1-27(13-4-7-22-8-5-13)17-11-24-20(28-12-25-26-19(17)28)23-10-15-14-6-9-29-18(14)3-2-16(15)21/h2-5,7-8,11-12H,6,9-10H2,1H3,(H,23,24). The van der Waals surface area contributed by atoms with Gasteiger partial charge in [0.15, 0.2) is 5.65 Å². The van der Waals surface area contributed by atoms with Crippen LogP contribution in [0.2, 0.25) is 0 Å². The maximum atomic E-state index is 14.4. The van der Waals surface area contributed by atoms with E-state index in [2.05, 4.69) is 25.5 Å². The van der Waals surface area contributed by atoms with Crippen LogP contribution in [0.25, 0.3) is 5.65 Å². The van der Waals surface area contributed by atoms with Crippen LogP contribution in [0.3, 0.4) is 0 Å². The smallest absolute Gasteiger partial charge is 0.210 e. The average Bonchev–Trinajstić information content (AvgIpc) is 3.43. The predicted molar refractivity (Wildman–Crippen MR) is 106 cm³/mol. The first-order valence-electron chi connectivity index (χ1n) is 9.22. The molecule has 1 aliphatic heterocycles. The minimum atomic E-state index is -0.254. The summed E-state index contributed by atoms with van der Waals surface area (Å²) < 4.78 is 21.7. The molecule has 29 heavy (non-hydrogen) atoms. The fraction of sp³-hybridized carbons (Fsp3) is 0.200. The van der Waals surface area contributed by atoms with Gasteiger partial charge in [-0.2, -0.15) is 0 Å². The molecule has 0 bridgehead atoms. The Morgan fingerprint density at radius 3 is 2.97 bits per heavy atom. The minimum absolute atomic E-state index is 0.254. The van der Waals surface area contributed by atoms with Gasteiger partial charge in [0.1, 0.15) is 23.6 Å². The Bertz CT molecular complexity index is 1180. The van der Waals surface area contributed by atoms with E-state index in [0.29, 0.717) is 30.2 Å². The number of aromatic nitrogens is 5. The number of nitrogens with one attached hydrogen (secondary N) is 1. The summed E-state index contributed by atoms with van der Waals surface area (Å²) in [6, 6.07) is 6.93. The third-order valence-electron chi connectivity index (χ3n) is 5.09. The number of pyridine rings is 1. The van der Waals surface area contributed by atoms with E-state index in [9.17, 15) is 4.39 Å². The molecule has 9 heteroatoms. The first kappa shape index (κ1) is 17.4. The van der Waals surface area contributed by atoms with E-state index >= 15 is 0 Å². The van der Waals surface area contributed by atoms with Crippen LogP contribution in [0, 0.1) is 5.82 Å². The van der Waals surface area contributed by atoms with E-state index in [1.807, 2.05) is 24.1 Å². The molecule has 1 aliphatic rings. The number of fused-ring (bicyclic) bond motifs is 2. The second-order valence-electron chi connectivity index (χ2n) is 6.71. The van der Waals surface area contributed by atoms with Crippen LogP contribution in [-0.4, -0.2) is 38.2 Å². The Balaban J connectivity index is 1.46. The van der Waals surface area contributed by atoms with Crippen molar-refractivity contribution in [2.75, 3.05) is 23.9 Å². The van der Waals surface area contributed by atoms with Gasteiger partial charge in [-0.05, 0) is 24.3 Å². The average molecular weight is 391 g/mol. The van der Waals surface area contributed by atoms with E-state index in [-0.39, 0.29) is 12.4 Å². The van der Waals surface area contributed by atoms with Crippen molar-refractivity contribution in [1.29, 1.82) is 0 Å². The van der Waals surface area contributed by atoms with Crippen LogP contribution >= 0.6 is 0 Å². The SMILES string of the molecule is CN(c1ccncc1)c1cnc(NCc2c(F)ccc3c2CCO3)n2cnnc12. The van der Waals surface area contributed by atoms with Gasteiger partial charge in [-0.3, -0.25) is 4.98 Å². The molecular weight excluding hydrogens is 373 g/mol. The lowest BCUT2D eigenvalue weighted by Gasteiger charge is -2.20. The number of rotatable bonds is 5. The zero-order chi connectivity index (χ0) is 19.8. The van der Waals surface area contributed by atoms with Crippen LogP contribution < -0.4 is 15.0 Å². The second kappa shape index (κ2) is 7.01. The number of anilines is 3. The molecule has 0 unspecified atom stereocenters. The van der Waals surface area contributed by atoms with Gasteiger partial charge in [0.25, 0.3) is 0 Å². The number of ether oxygens (including phenoxy) is 1. The summed E-state index contributed by atoms with van der Waals surface area (Å²) in [5.74, 6) is 1.03. The third-order valence-corrected chi connectivity index (χ3v) is 5.09. The molecule has 0 saturated heterocycles. The highest BCUT2D eigenvalue weighted by atomic mass is 19.1. The van der Waals surface area contributed by atoms with Crippen molar-refractivity contribution in [3.63, 3.8) is 0 Å². The minimum Gasteiger partial charge on any atom is -0.493 e. The quantitative estimate of drug-likeness (QED) is 0.560. The fourth-order valence-corrected chi connectivity index (χ4v) is 3.55. The van der Waals surface area contributed by atoms with Crippen LogP contribution in [0.5, 0.6) is 5.75 Å². The number of halogens is 1. The number of nitrogens with zero attached hydrogens (tertiary/aromatic N) is 6. The van der Waals surface area contributed by atoms with Gasteiger partial charge in [-0.25, -0.2) is 13.8 Å².